The van der Waals surface area contributed by atoms with Crippen LogP contribution in [0.25, 0.3) is 11.0 Å². The van der Waals surface area contributed by atoms with E-state index >= 15 is 0 Å². The van der Waals surface area contributed by atoms with E-state index in [0.717, 1.165) is 0 Å². The zero-order chi connectivity index (χ0) is 14.2. The number of anilines is 2. The summed E-state index contributed by atoms with van der Waals surface area (Å²) in [5, 5.41) is 0.148. The van der Waals surface area contributed by atoms with Crippen molar-refractivity contribution in [2.45, 2.75) is 6.23 Å². The van der Waals surface area contributed by atoms with Crippen LogP contribution >= 0.6 is 0 Å². The lowest BCUT2D eigenvalue weighted by Crippen LogP contribution is -2.25. The number of carbonyl (C=O) groups is 1. The number of nitrogen functional groups attached to an aromatic ring is 2. The molecule has 0 aliphatic heterocycles. The number of fused-ring (bicyclic) bond motifs is 1. The van der Waals surface area contributed by atoms with Crippen LogP contribution in [0.3, 0.4) is 0 Å². The lowest BCUT2D eigenvalue weighted by molar-refractivity contribution is 0.0977. The normalized spacial score (nSPS) is 12.3. The Hall–Kier alpha value is -2.74. The van der Waals surface area contributed by atoms with Gasteiger partial charge >= 0.3 is 6.09 Å². The molecule has 1 aromatic carbocycles. The molecule has 0 aliphatic carbocycles. The van der Waals surface area contributed by atoms with E-state index in [1.165, 1.54) is 12.1 Å². The summed E-state index contributed by atoms with van der Waals surface area (Å²) in [6.07, 6.45) is -2.47. The highest BCUT2D eigenvalue weighted by Gasteiger charge is 2.21. The minimum atomic E-state index is -1.36. The Labute approximate surface area is 106 Å². The van der Waals surface area contributed by atoms with Gasteiger partial charge in [-0.05, 0) is 12.1 Å². The number of hydrogen-bond donors (Lipinski definition) is 4. The molecule has 0 fully saturated rings. The first-order valence-corrected chi connectivity index (χ1v) is 5.24. The van der Waals surface area contributed by atoms with Gasteiger partial charge in [0.05, 0.1) is 5.39 Å². The van der Waals surface area contributed by atoms with E-state index in [4.69, 9.17) is 27.4 Å². The molecule has 0 saturated carbocycles. The molecular weight excluding hydrogens is 252 g/mol. The average Bonchev–Trinajstić information content (AvgIpc) is 2.32. The van der Waals surface area contributed by atoms with Gasteiger partial charge in [0.1, 0.15) is 11.3 Å². The Kier molecular flexibility index (Phi) is 3.01. The van der Waals surface area contributed by atoms with Crippen LogP contribution in [0.15, 0.2) is 27.4 Å². The standard InChI is InChI=1S/C11H12N4O4/c12-4-2-1-3-5-6(4)8(16)7(13)9(18-5)10(14)19-11(15)17/h1-3,10H,12-14H2,(H2,15,17)/t10-/m1/s1. The molecule has 8 N–H and O–H groups in total. The molecule has 2 aromatic rings. The molecule has 8 heteroatoms. The fourth-order valence-electron chi connectivity index (χ4n) is 1.69. The van der Waals surface area contributed by atoms with Gasteiger partial charge in [0.15, 0.2) is 5.76 Å². The summed E-state index contributed by atoms with van der Waals surface area (Å²) in [4.78, 5) is 22.7. The summed E-state index contributed by atoms with van der Waals surface area (Å²) in [6, 6.07) is 4.66. The Morgan fingerprint density at radius 1 is 1.32 bits per heavy atom. The summed E-state index contributed by atoms with van der Waals surface area (Å²) >= 11 is 0. The van der Waals surface area contributed by atoms with E-state index in [2.05, 4.69) is 4.74 Å². The maximum absolute atomic E-state index is 12.1. The van der Waals surface area contributed by atoms with Crippen molar-refractivity contribution in [2.75, 3.05) is 11.5 Å². The molecule has 0 saturated heterocycles. The molecule has 1 aromatic heterocycles. The minimum Gasteiger partial charge on any atom is -0.453 e. The van der Waals surface area contributed by atoms with Crippen LogP contribution in [0.1, 0.15) is 12.0 Å². The second-order valence-electron chi connectivity index (χ2n) is 3.79. The summed E-state index contributed by atoms with van der Waals surface area (Å²) in [5.74, 6) is -0.179. The van der Waals surface area contributed by atoms with Gasteiger partial charge in [0.25, 0.3) is 0 Å². The van der Waals surface area contributed by atoms with Gasteiger partial charge in [-0.2, -0.15) is 0 Å². The number of primary amides is 1. The number of benzene rings is 1. The Morgan fingerprint density at radius 2 is 2.00 bits per heavy atom. The Bertz CT molecular complexity index is 710. The molecule has 2 rings (SSSR count). The molecule has 1 heterocycles. The molecule has 0 bridgehead atoms. The van der Waals surface area contributed by atoms with E-state index in [-0.39, 0.29) is 28.1 Å². The highest BCUT2D eigenvalue weighted by molar-refractivity contribution is 5.90. The van der Waals surface area contributed by atoms with E-state index < -0.39 is 17.7 Å². The van der Waals surface area contributed by atoms with Gasteiger partial charge < -0.3 is 26.4 Å². The lowest BCUT2D eigenvalue weighted by atomic mass is 10.1. The van der Waals surface area contributed by atoms with Crippen molar-refractivity contribution >= 4 is 28.4 Å². The number of rotatable bonds is 2. The maximum Gasteiger partial charge on any atom is 0.406 e. The second kappa shape index (κ2) is 4.50. The van der Waals surface area contributed by atoms with E-state index in [0.29, 0.717) is 0 Å². The first-order chi connectivity index (χ1) is 8.91. The smallest absolute Gasteiger partial charge is 0.406 e. The molecular formula is C11H12N4O4. The Morgan fingerprint density at radius 3 is 2.63 bits per heavy atom. The van der Waals surface area contributed by atoms with E-state index in [1.807, 2.05) is 0 Å². The molecule has 8 nitrogen and oxygen atoms in total. The number of amides is 1. The predicted octanol–water partition coefficient (Wildman–Crippen LogP) is 0.01000. The van der Waals surface area contributed by atoms with Crippen LogP contribution < -0.4 is 28.4 Å². The monoisotopic (exact) mass is 264 g/mol. The molecule has 1 amide bonds. The van der Waals surface area contributed by atoms with Gasteiger partial charge in [-0.3, -0.25) is 10.5 Å². The third-order valence-corrected chi connectivity index (χ3v) is 2.52. The van der Waals surface area contributed by atoms with Crippen LogP contribution in [0.4, 0.5) is 16.2 Å². The SMILES string of the molecule is NC(=O)O[C@@H](N)c1oc2cccc(N)c2c(=O)c1N. The number of nitrogens with two attached hydrogens (primary N) is 4. The van der Waals surface area contributed by atoms with Crippen molar-refractivity contribution < 1.29 is 13.9 Å². The zero-order valence-electron chi connectivity index (χ0n) is 9.75. The van der Waals surface area contributed by atoms with Gasteiger partial charge in [-0.1, -0.05) is 6.07 Å². The van der Waals surface area contributed by atoms with E-state index in [1.54, 1.807) is 6.07 Å². The lowest BCUT2D eigenvalue weighted by Gasteiger charge is -2.13. The predicted molar refractivity (Wildman–Crippen MR) is 68.9 cm³/mol. The number of carbonyl (C=O) groups excluding carboxylic acids is 1. The van der Waals surface area contributed by atoms with Crippen molar-refractivity contribution in [1.29, 1.82) is 0 Å². The molecule has 1 atom stereocenters. The van der Waals surface area contributed by atoms with Crippen molar-refractivity contribution in [3.8, 4) is 0 Å². The van der Waals surface area contributed by atoms with E-state index in [9.17, 15) is 9.59 Å². The zero-order valence-corrected chi connectivity index (χ0v) is 9.75. The molecule has 0 spiro atoms. The van der Waals surface area contributed by atoms with Crippen molar-refractivity contribution in [2.24, 2.45) is 11.5 Å². The first-order valence-electron chi connectivity index (χ1n) is 5.24. The average molecular weight is 264 g/mol. The summed E-state index contributed by atoms with van der Waals surface area (Å²) in [6.45, 7) is 0. The van der Waals surface area contributed by atoms with Gasteiger partial charge in [0, 0.05) is 5.69 Å². The van der Waals surface area contributed by atoms with Crippen LogP contribution in [-0.4, -0.2) is 6.09 Å². The molecule has 0 unspecified atom stereocenters. The largest absolute Gasteiger partial charge is 0.453 e. The van der Waals surface area contributed by atoms with Crippen molar-refractivity contribution in [3.63, 3.8) is 0 Å². The quantitative estimate of drug-likeness (QED) is 0.438. The highest BCUT2D eigenvalue weighted by atomic mass is 16.6. The summed E-state index contributed by atoms with van der Waals surface area (Å²) in [7, 11) is 0. The van der Waals surface area contributed by atoms with Crippen LogP contribution in [0.2, 0.25) is 0 Å². The van der Waals surface area contributed by atoms with Crippen LogP contribution in [0.5, 0.6) is 0 Å². The molecule has 100 valence electrons. The molecule has 0 aliphatic rings. The fourth-order valence-corrected chi connectivity index (χ4v) is 1.69. The first kappa shape index (κ1) is 12.7. The Balaban J connectivity index is 2.68. The third-order valence-electron chi connectivity index (χ3n) is 2.52. The number of ether oxygens (including phenoxy) is 1. The minimum absolute atomic E-state index is 0.148. The maximum atomic E-state index is 12.1. The third kappa shape index (κ3) is 2.16. The fraction of sp³-hybridized carbons (Fsp3) is 0.0909. The number of hydrogen-bond acceptors (Lipinski definition) is 7. The van der Waals surface area contributed by atoms with Crippen molar-refractivity contribution in [1.82, 2.24) is 0 Å². The van der Waals surface area contributed by atoms with Crippen LogP contribution in [-0.2, 0) is 4.74 Å². The highest BCUT2D eigenvalue weighted by Crippen LogP contribution is 2.25. The van der Waals surface area contributed by atoms with Gasteiger partial charge in [-0.15, -0.1) is 0 Å². The summed E-state index contributed by atoms with van der Waals surface area (Å²) < 4.78 is 9.88. The molecule has 19 heavy (non-hydrogen) atoms. The second-order valence-corrected chi connectivity index (χ2v) is 3.79. The topological polar surface area (TPSA) is 161 Å². The summed E-state index contributed by atoms with van der Waals surface area (Å²) in [5.41, 5.74) is 21.3. The molecule has 0 radical (unpaired) electrons. The van der Waals surface area contributed by atoms with Crippen molar-refractivity contribution in [3.05, 3.63) is 34.2 Å². The van der Waals surface area contributed by atoms with Crippen LogP contribution in [0, 0.1) is 0 Å². The van der Waals surface area contributed by atoms with Gasteiger partial charge in [-0.25, -0.2) is 4.79 Å². The van der Waals surface area contributed by atoms with Gasteiger partial charge in [0.2, 0.25) is 11.7 Å².